The molecule has 0 saturated heterocycles. The molecule has 3 nitrogen and oxygen atoms in total. The zero-order valence-corrected chi connectivity index (χ0v) is 8.54. The van der Waals surface area contributed by atoms with Gasteiger partial charge in [0, 0.05) is 5.56 Å². The Bertz CT molecular complexity index is 350. The van der Waals surface area contributed by atoms with Crippen LogP contribution >= 0.6 is 0 Å². The quantitative estimate of drug-likeness (QED) is 0.872. The van der Waals surface area contributed by atoms with E-state index in [1.807, 2.05) is 0 Å². The van der Waals surface area contributed by atoms with Gasteiger partial charge in [-0.15, -0.1) is 13.2 Å². The lowest BCUT2D eigenvalue weighted by atomic mass is 10.2. The summed E-state index contributed by atoms with van der Waals surface area (Å²) in [7, 11) is 0. The minimum Gasteiger partial charge on any atom is -0.494 e. The fourth-order valence-electron chi connectivity index (χ4n) is 1.17. The Balaban J connectivity index is 2.90. The van der Waals surface area contributed by atoms with Crippen LogP contribution in [0.1, 0.15) is 12.5 Å². The van der Waals surface area contributed by atoms with Gasteiger partial charge in [-0.05, 0) is 25.1 Å². The molecule has 0 aliphatic carbocycles. The topological polar surface area (TPSA) is 38.7 Å². The van der Waals surface area contributed by atoms with Gasteiger partial charge in [0.25, 0.3) is 0 Å². The average Bonchev–Trinajstić information content (AvgIpc) is 2.18. The predicted molar refractivity (Wildman–Crippen MR) is 50.2 cm³/mol. The number of alkyl halides is 3. The molecule has 0 spiro atoms. The maximum atomic E-state index is 11.9. The Labute approximate surface area is 90.4 Å². The third kappa shape index (κ3) is 3.62. The second kappa shape index (κ2) is 5.07. The molecular formula is C10H11F3O3. The van der Waals surface area contributed by atoms with Gasteiger partial charge in [-0.3, -0.25) is 0 Å². The van der Waals surface area contributed by atoms with Gasteiger partial charge < -0.3 is 14.6 Å². The van der Waals surface area contributed by atoms with Crippen molar-refractivity contribution in [2.24, 2.45) is 0 Å². The number of rotatable bonds is 4. The molecule has 0 atom stereocenters. The fraction of sp³-hybridized carbons (Fsp3) is 0.400. The smallest absolute Gasteiger partial charge is 0.494 e. The van der Waals surface area contributed by atoms with E-state index in [1.54, 1.807) is 6.92 Å². The molecule has 1 aromatic rings. The highest BCUT2D eigenvalue weighted by Gasteiger charge is 2.31. The van der Waals surface area contributed by atoms with E-state index in [4.69, 9.17) is 9.84 Å². The number of hydrogen-bond donors (Lipinski definition) is 1. The highest BCUT2D eigenvalue weighted by molar-refractivity contribution is 5.39. The van der Waals surface area contributed by atoms with Crippen LogP contribution in [0, 0.1) is 0 Å². The molecule has 0 unspecified atom stereocenters. The van der Waals surface area contributed by atoms with Crippen LogP contribution in [0.4, 0.5) is 13.2 Å². The minimum absolute atomic E-state index is 0.253. The Morgan fingerprint density at radius 1 is 1.31 bits per heavy atom. The first-order valence-electron chi connectivity index (χ1n) is 4.58. The molecule has 0 radical (unpaired) electrons. The lowest BCUT2D eigenvalue weighted by Crippen LogP contribution is -2.17. The van der Waals surface area contributed by atoms with Crippen molar-refractivity contribution in [2.45, 2.75) is 19.9 Å². The SMILES string of the molecule is CCOc1ccc(OC(F)(F)F)cc1CO. The third-order valence-corrected chi connectivity index (χ3v) is 1.74. The van der Waals surface area contributed by atoms with Crippen molar-refractivity contribution in [2.75, 3.05) is 6.61 Å². The molecule has 0 saturated carbocycles. The van der Waals surface area contributed by atoms with E-state index in [9.17, 15) is 13.2 Å². The number of ether oxygens (including phenoxy) is 2. The Morgan fingerprint density at radius 2 is 2.00 bits per heavy atom. The fourth-order valence-corrected chi connectivity index (χ4v) is 1.17. The summed E-state index contributed by atoms with van der Waals surface area (Å²) in [6, 6.07) is 3.56. The highest BCUT2D eigenvalue weighted by Crippen LogP contribution is 2.28. The van der Waals surface area contributed by atoms with Crippen LogP contribution < -0.4 is 9.47 Å². The molecule has 1 aromatic carbocycles. The van der Waals surface area contributed by atoms with Gasteiger partial charge >= 0.3 is 6.36 Å². The molecule has 0 heterocycles. The molecule has 0 aromatic heterocycles. The van der Waals surface area contributed by atoms with Crippen molar-refractivity contribution in [1.29, 1.82) is 0 Å². The van der Waals surface area contributed by atoms with Crippen LogP contribution in [0.3, 0.4) is 0 Å². The highest BCUT2D eigenvalue weighted by atomic mass is 19.4. The molecule has 6 heteroatoms. The predicted octanol–water partition coefficient (Wildman–Crippen LogP) is 2.48. The van der Waals surface area contributed by atoms with Crippen LogP contribution in [0.15, 0.2) is 18.2 Å². The first kappa shape index (κ1) is 12.6. The van der Waals surface area contributed by atoms with Crippen molar-refractivity contribution in [3.05, 3.63) is 23.8 Å². The minimum atomic E-state index is -4.74. The summed E-state index contributed by atoms with van der Waals surface area (Å²) in [6.07, 6.45) is -4.74. The number of hydrogen-bond acceptors (Lipinski definition) is 3. The molecule has 90 valence electrons. The molecule has 0 amide bonds. The molecule has 1 rings (SSSR count). The van der Waals surface area contributed by atoms with Gasteiger partial charge in [0.2, 0.25) is 0 Å². The summed E-state index contributed by atoms with van der Waals surface area (Å²) < 4.78 is 44.6. The molecule has 1 N–H and O–H groups in total. The van der Waals surface area contributed by atoms with Crippen molar-refractivity contribution < 1.29 is 27.8 Å². The standard InChI is InChI=1S/C10H11F3O3/c1-2-15-9-4-3-8(5-7(9)6-14)16-10(11,12)13/h3-5,14H,2,6H2,1H3. The van der Waals surface area contributed by atoms with Crippen molar-refractivity contribution in [3.8, 4) is 11.5 Å². The van der Waals surface area contributed by atoms with Crippen molar-refractivity contribution >= 4 is 0 Å². The summed E-state index contributed by atoms with van der Waals surface area (Å²) >= 11 is 0. The molecule has 16 heavy (non-hydrogen) atoms. The van der Waals surface area contributed by atoms with Gasteiger partial charge in [-0.25, -0.2) is 0 Å². The van der Waals surface area contributed by atoms with E-state index in [1.165, 1.54) is 6.07 Å². The summed E-state index contributed by atoms with van der Waals surface area (Å²) in [5, 5.41) is 8.95. The van der Waals surface area contributed by atoms with E-state index >= 15 is 0 Å². The van der Waals surface area contributed by atoms with Gasteiger partial charge in [0.05, 0.1) is 13.2 Å². The Kier molecular flexibility index (Phi) is 4.00. The second-order valence-corrected chi connectivity index (χ2v) is 2.91. The van der Waals surface area contributed by atoms with Crippen molar-refractivity contribution in [3.63, 3.8) is 0 Å². The van der Waals surface area contributed by atoms with E-state index in [-0.39, 0.29) is 11.3 Å². The van der Waals surface area contributed by atoms with Crippen molar-refractivity contribution in [1.82, 2.24) is 0 Å². The molecular weight excluding hydrogens is 225 g/mol. The lowest BCUT2D eigenvalue weighted by Gasteiger charge is -2.12. The summed E-state index contributed by atoms with van der Waals surface area (Å²) in [5.41, 5.74) is 0.253. The lowest BCUT2D eigenvalue weighted by molar-refractivity contribution is -0.274. The number of aliphatic hydroxyl groups excluding tert-OH is 1. The van der Waals surface area contributed by atoms with Crippen LogP contribution in [-0.2, 0) is 6.61 Å². The zero-order valence-electron chi connectivity index (χ0n) is 8.54. The summed E-state index contributed by atoms with van der Waals surface area (Å²) in [4.78, 5) is 0. The average molecular weight is 236 g/mol. The van der Waals surface area contributed by atoms with E-state index in [0.29, 0.717) is 12.4 Å². The maximum Gasteiger partial charge on any atom is 0.573 e. The van der Waals surface area contributed by atoms with Gasteiger partial charge in [0.15, 0.2) is 0 Å². The largest absolute Gasteiger partial charge is 0.573 e. The Hall–Kier alpha value is -1.43. The second-order valence-electron chi connectivity index (χ2n) is 2.91. The number of benzene rings is 1. The number of aliphatic hydroxyl groups is 1. The molecule has 0 aliphatic heterocycles. The van der Waals surface area contributed by atoms with Crippen LogP contribution in [0.5, 0.6) is 11.5 Å². The summed E-state index contributed by atoms with van der Waals surface area (Å²) in [5.74, 6) is -0.0282. The van der Waals surface area contributed by atoms with Crippen LogP contribution in [0.25, 0.3) is 0 Å². The van der Waals surface area contributed by atoms with Gasteiger partial charge in [-0.2, -0.15) is 0 Å². The van der Waals surface area contributed by atoms with Crippen LogP contribution in [-0.4, -0.2) is 18.1 Å². The molecule has 0 aliphatic rings. The Morgan fingerprint density at radius 3 is 2.50 bits per heavy atom. The van der Waals surface area contributed by atoms with E-state index in [0.717, 1.165) is 12.1 Å². The monoisotopic (exact) mass is 236 g/mol. The molecule has 0 bridgehead atoms. The zero-order chi connectivity index (χ0) is 12.2. The number of halogens is 3. The maximum absolute atomic E-state index is 11.9. The van der Waals surface area contributed by atoms with Gasteiger partial charge in [0.1, 0.15) is 11.5 Å². The normalized spacial score (nSPS) is 11.3. The first-order valence-corrected chi connectivity index (χ1v) is 4.58. The van der Waals surface area contributed by atoms with E-state index < -0.39 is 13.0 Å². The molecule has 0 fully saturated rings. The summed E-state index contributed by atoms with van der Waals surface area (Å²) in [6.45, 7) is 1.69. The van der Waals surface area contributed by atoms with E-state index in [2.05, 4.69) is 4.74 Å². The van der Waals surface area contributed by atoms with Gasteiger partial charge in [-0.1, -0.05) is 0 Å². The first-order chi connectivity index (χ1) is 7.46. The third-order valence-electron chi connectivity index (χ3n) is 1.74. The van der Waals surface area contributed by atoms with Crippen LogP contribution in [0.2, 0.25) is 0 Å².